The molecule has 3 heterocycles. The van der Waals surface area contributed by atoms with Crippen LogP contribution in [0.3, 0.4) is 0 Å². The summed E-state index contributed by atoms with van der Waals surface area (Å²) in [6, 6.07) is 0. The molecule has 2 aliphatic heterocycles. The maximum Gasteiger partial charge on any atom is 0.194 e. The average Bonchev–Trinajstić information content (AvgIpc) is 2.73. The molecule has 2 saturated heterocycles. The first-order chi connectivity index (χ1) is 7.92. The number of nitrogens with one attached hydrogen (secondary N) is 1. The van der Waals surface area contributed by atoms with Crippen LogP contribution in [0.25, 0.3) is 0 Å². The first kappa shape index (κ1) is 10.3. The molecular weight excluding hydrogens is 204 g/mol. The van der Waals surface area contributed by atoms with Crippen molar-refractivity contribution >= 4 is 0 Å². The number of hydrogen-bond acceptors (Lipinski definition) is 4. The lowest BCUT2D eigenvalue weighted by atomic mass is 10.00. The molecule has 0 bridgehead atoms. The highest BCUT2D eigenvalue weighted by Crippen LogP contribution is 2.27. The topological polar surface area (TPSA) is 47.3 Å². The van der Waals surface area contributed by atoms with E-state index in [2.05, 4.69) is 10.3 Å². The molecule has 0 radical (unpaired) electrons. The molecule has 0 spiro atoms. The van der Waals surface area contributed by atoms with Gasteiger partial charge in [0.2, 0.25) is 0 Å². The summed E-state index contributed by atoms with van der Waals surface area (Å²) in [6.07, 6.45) is 6.40. The van der Waals surface area contributed by atoms with Crippen LogP contribution in [-0.2, 0) is 11.2 Å². The van der Waals surface area contributed by atoms with Crippen molar-refractivity contribution in [3.8, 4) is 0 Å². The Kier molecular flexibility index (Phi) is 2.93. The van der Waals surface area contributed by atoms with Crippen LogP contribution in [0.15, 0.2) is 10.7 Å². The normalized spacial score (nSPS) is 26.6. The van der Waals surface area contributed by atoms with Crippen molar-refractivity contribution < 1.29 is 9.15 Å². The summed E-state index contributed by atoms with van der Waals surface area (Å²) in [4.78, 5) is 4.54. The molecule has 0 aromatic carbocycles. The fourth-order valence-electron chi connectivity index (χ4n) is 2.28. The van der Waals surface area contributed by atoms with Gasteiger partial charge in [0.25, 0.3) is 0 Å². The molecule has 2 aliphatic rings. The number of ether oxygens (including phenoxy) is 1. The molecule has 3 rings (SSSR count). The Labute approximate surface area is 95.4 Å². The Morgan fingerprint density at radius 3 is 3.00 bits per heavy atom. The molecule has 4 nitrogen and oxygen atoms in total. The van der Waals surface area contributed by atoms with E-state index in [1.165, 1.54) is 12.8 Å². The number of aromatic nitrogens is 1. The van der Waals surface area contributed by atoms with Crippen LogP contribution in [0.5, 0.6) is 0 Å². The molecule has 2 fully saturated rings. The third-order valence-corrected chi connectivity index (χ3v) is 3.41. The molecule has 16 heavy (non-hydrogen) atoms. The summed E-state index contributed by atoms with van der Waals surface area (Å²) < 4.78 is 11.2. The van der Waals surface area contributed by atoms with E-state index < -0.39 is 0 Å². The highest BCUT2D eigenvalue weighted by molar-refractivity contribution is 5.03. The Morgan fingerprint density at radius 2 is 2.31 bits per heavy atom. The first-order valence-corrected chi connectivity index (χ1v) is 6.18. The van der Waals surface area contributed by atoms with Gasteiger partial charge in [0, 0.05) is 13.0 Å². The molecule has 1 N–H and O–H groups in total. The molecule has 1 aromatic heterocycles. The van der Waals surface area contributed by atoms with Gasteiger partial charge in [0.05, 0.1) is 0 Å². The molecule has 88 valence electrons. The molecule has 1 aromatic rings. The summed E-state index contributed by atoms with van der Waals surface area (Å²) in [5.41, 5.74) is 0.988. The van der Waals surface area contributed by atoms with E-state index in [1.54, 1.807) is 6.26 Å². The standard InChI is InChI=1S/C12H18N2O2/c1-2-4-15-11(3-1)10-8-16-12(14-10)5-9-6-13-7-9/h8-9,11,13H,1-7H2. The minimum absolute atomic E-state index is 0.172. The zero-order chi connectivity index (χ0) is 10.8. The van der Waals surface area contributed by atoms with Crippen molar-refractivity contribution in [3.63, 3.8) is 0 Å². The first-order valence-electron chi connectivity index (χ1n) is 6.18. The lowest BCUT2D eigenvalue weighted by molar-refractivity contribution is 0.0122. The third-order valence-electron chi connectivity index (χ3n) is 3.41. The second-order valence-electron chi connectivity index (χ2n) is 4.75. The van der Waals surface area contributed by atoms with Gasteiger partial charge >= 0.3 is 0 Å². The van der Waals surface area contributed by atoms with Gasteiger partial charge in [0.15, 0.2) is 5.89 Å². The van der Waals surface area contributed by atoms with Crippen LogP contribution in [0.2, 0.25) is 0 Å². The van der Waals surface area contributed by atoms with Crippen LogP contribution < -0.4 is 5.32 Å². The lowest BCUT2D eigenvalue weighted by Gasteiger charge is -2.25. The molecule has 1 unspecified atom stereocenters. The molecular formula is C12H18N2O2. The average molecular weight is 222 g/mol. The zero-order valence-electron chi connectivity index (χ0n) is 9.45. The van der Waals surface area contributed by atoms with E-state index in [0.717, 1.165) is 44.1 Å². The summed E-state index contributed by atoms with van der Waals surface area (Å²) in [6.45, 7) is 3.05. The SMILES string of the molecule is c1oc(CC2CNC2)nc1C1CCCCO1. The van der Waals surface area contributed by atoms with Gasteiger partial charge in [-0.1, -0.05) is 0 Å². The molecule has 1 atom stereocenters. The Bertz CT molecular complexity index is 341. The summed E-state index contributed by atoms with van der Waals surface area (Å²) in [7, 11) is 0. The second kappa shape index (κ2) is 4.55. The van der Waals surface area contributed by atoms with E-state index in [1.807, 2.05) is 0 Å². The van der Waals surface area contributed by atoms with Crippen LogP contribution in [0.1, 0.15) is 37.0 Å². The van der Waals surface area contributed by atoms with E-state index in [0.29, 0.717) is 5.92 Å². The van der Waals surface area contributed by atoms with Crippen molar-refractivity contribution in [2.45, 2.75) is 31.8 Å². The number of nitrogens with zero attached hydrogens (tertiary/aromatic N) is 1. The summed E-state index contributed by atoms with van der Waals surface area (Å²) in [5.74, 6) is 1.58. The Hall–Kier alpha value is -0.870. The van der Waals surface area contributed by atoms with Gasteiger partial charge in [-0.2, -0.15) is 0 Å². The van der Waals surface area contributed by atoms with Gasteiger partial charge in [0.1, 0.15) is 18.1 Å². The molecule has 0 saturated carbocycles. The van der Waals surface area contributed by atoms with Crippen molar-refractivity contribution in [2.24, 2.45) is 5.92 Å². The minimum atomic E-state index is 0.172. The largest absolute Gasteiger partial charge is 0.449 e. The van der Waals surface area contributed by atoms with Gasteiger partial charge in [-0.05, 0) is 38.3 Å². The van der Waals surface area contributed by atoms with Gasteiger partial charge in [-0.15, -0.1) is 0 Å². The van der Waals surface area contributed by atoms with Crippen LogP contribution >= 0.6 is 0 Å². The van der Waals surface area contributed by atoms with Crippen molar-refractivity contribution in [3.05, 3.63) is 17.8 Å². The van der Waals surface area contributed by atoms with Crippen molar-refractivity contribution in [1.29, 1.82) is 0 Å². The second-order valence-corrected chi connectivity index (χ2v) is 4.75. The summed E-state index contributed by atoms with van der Waals surface area (Å²) >= 11 is 0. The van der Waals surface area contributed by atoms with E-state index in [4.69, 9.17) is 9.15 Å². The van der Waals surface area contributed by atoms with Crippen molar-refractivity contribution in [2.75, 3.05) is 19.7 Å². The highest BCUT2D eigenvalue weighted by Gasteiger charge is 2.23. The number of hydrogen-bond donors (Lipinski definition) is 1. The van der Waals surface area contributed by atoms with Gasteiger partial charge < -0.3 is 14.5 Å². The maximum atomic E-state index is 5.69. The van der Waals surface area contributed by atoms with Crippen LogP contribution in [0.4, 0.5) is 0 Å². The fraction of sp³-hybridized carbons (Fsp3) is 0.750. The smallest absolute Gasteiger partial charge is 0.194 e. The Morgan fingerprint density at radius 1 is 1.38 bits per heavy atom. The van der Waals surface area contributed by atoms with Crippen LogP contribution in [-0.4, -0.2) is 24.7 Å². The summed E-state index contributed by atoms with van der Waals surface area (Å²) in [5, 5.41) is 3.26. The quantitative estimate of drug-likeness (QED) is 0.845. The Balaban J connectivity index is 1.61. The maximum absolute atomic E-state index is 5.69. The minimum Gasteiger partial charge on any atom is -0.449 e. The van der Waals surface area contributed by atoms with Crippen molar-refractivity contribution in [1.82, 2.24) is 10.3 Å². The third kappa shape index (κ3) is 2.13. The van der Waals surface area contributed by atoms with Gasteiger partial charge in [-0.25, -0.2) is 4.98 Å². The molecule has 0 amide bonds. The van der Waals surface area contributed by atoms with E-state index in [-0.39, 0.29) is 6.10 Å². The predicted molar refractivity (Wildman–Crippen MR) is 59.1 cm³/mol. The predicted octanol–water partition coefficient (Wildman–Crippen LogP) is 1.68. The number of oxazole rings is 1. The van der Waals surface area contributed by atoms with Crippen LogP contribution in [0, 0.1) is 5.92 Å². The zero-order valence-corrected chi connectivity index (χ0v) is 9.45. The number of rotatable bonds is 3. The highest BCUT2D eigenvalue weighted by atomic mass is 16.5. The van der Waals surface area contributed by atoms with Gasteiger partial charge in [-0.3, -0.25) is 0 Å². The molecule has 4 heteroatoms. The monoisotopic (exact) mass is 222 g/mol. The fourth-order valence-corrected chi connectivity index (χ4v) is 2.28. The van der Waals surface area contributed by atoms with E-state index in [9.17, 15) is 0 Å². The molecule has 0 aliphatic carbocycles. The lowest BCUT2D eigenvalue weighted by Crippen LogP contribution is -2.43. The van der Waals surface area contributed by atoms with E-state index >= 15 is 0 Å².